The van der Waals surface area contributed by atoms with Crippen LogP contribution in [0.15, 0.2) is 5.38 Å². The maximum absolute atomic E-state index is 5.79. The number of nitrogens with two attached hydrogens (primary N) is 1. The SMILES string of the molecule is Cc1nc(CC(CN)C(C)(C)C)cs1. The third-order valence-electron chi connectivity index (χ3n) is 2.63. The minimum absolute atomic E-state index is 0.270. The molecule has 0 saturated heterocycles. The summed E-state index contributed by atoms with van der Waals surface area (Å²) in [5.74, 6) is 0.518. The van der Waals surface area contributed by atoms with Crippen molar-refractivity contribution in [2.75, 3.05) is 6.54 Å². The molecule has 1 aromatic rings. The van der Waals surface area contributed by atoms with Gasteiger partial charge in [-0.25, -0.2) is 4.98 Å². The van der Waals surface area contributed by atoms with Crippen molar-refractivity contribution in [2.24, 2.45) is 17.1 Å². The van der Waals surface area contributed by atoms with Gasteiger partial charge in [-0.15, -0.1) is 11.3 Å². The molecule has 0 radical (unpaired) electrons. The van der Waals surface area contributed by atoms with E-state index in [0.717, 1.165) is 18.0 Å². The Bertz CT molecular complexity index is 286. The number of thiazole rings is 1. The average molecular weight is 212 g/mol. The lowest BCUT2D eigenvalue weighted by Gasteiger charge is -2.28. The molecule has 0 amide bonds. The molecule has 0 aliphatic heterocycles. The van der Waals surface area contributed by atoms with E-state index in [1.807, 2.05) is 6.92 Å². The van der Waals surface area contributed by atoms with Gasteiger partial charge in [-0.1, -0.05) is 20.8 Å². The Labute approximate surface area is 90.6 Å². The van der Waals surface area contributed by atoms with Crippen molar-refractivity contribution in [3.8, 4) is 0 Å². The molecule has 1 unspecified atom stereocenters. The highest BCUT2D eigenvalue weighted by molar-refractivity contribution is 7.09. The molecular formula is C11H20N2S. The predicted octanol–water partition coefficient (Wildman–Crippen LogP) is 2.62. The minimum Gasteiger partial charge on any atom is -0.330 e. The van der Waals surface area contributed by atoms with E-state index in [0.29, 0.717) is 5.92 Å². The fraction of sp³-hybridized carbons (Fsp3) is 0.727. The second kappa shape index (κ2) is 4.41. The van der Waals surface area contributed by atoms with Crippen LogP contribution in [0.2, 0.25) is 0 Å². The van der Waals surface area contributed by atoms with Crippen molar-refractivity contribution < 1.29 is 0 Å². The molecule has 2 N–H and O–H groups in total. The van der Waals surface area contributed by atoms with Crippen LogP contribution in [0.1, 0.15) is 31.5 Å². The van der Waals surface area contributed by atoms with Crippen LogP contribution in [0.5, 0.6) is 0 Å². The molecule has 3 heteroatoms. The molecule has 2 nitrogen and oxygen atoms in total. The molecule has 0 bridgehead atoms. The third-order valence-corrected chi connectivity index (χ3v) is 3.45. The monoisotopic (exact) mass is 212 g/mol. The maximum Gasteiger partial charge on any atom is 0.0897 e. The molecule has 1 heterocycles. The van der Waals surface area contributed by atoms with Gasteiger partial charge in [0, 0.05) is 5.38 Å². The van der Waals surface area contributed by atoms with E-state index in [2.05, 4.69) is 31.1 Å². The van der Waals surface area contributed by atoms with E-state index in [1.54, 1.807) is 11.3 Å². The van der Waals surface area contributed by atoms with Crippen molar-refractivity contribution in [3.05, 3.63) is 16.1 Å². The first kappa shape index (κ1) is 11.7. The summed E-state index contributed by atoms with van der Waals surface area (Å²) in [4.78, 5) is 4.47. The molecule has 0 aliphatic carbocycles. The molecule has 0 spiro atoms. The molecule has 1 aromatic heterocycles. The largest absolute Gasteiger partial charge is 0.330 e. The first-order valence-corrected chi connectivity index (χ1v) is 5.92. The molecule has 0 fully saturated rings. The van der Waals surface area contributed by atoms with Gasteiger partial charge in [0.1, 0.15) is 0 Å². The van der Waals surface area contributed by atoms with Gasteiger partial charge in [-0.05, 0) is 31.2 Å². The third kappa shape index (κ3) is 3.07. The maximum atomic E-state index is 5.79. The highest BCUT2D eigenvalue weighted by Gasteiger charge is 2.23. The summed E-state index contributed by atoms with van der Waals surface area (Å²) < 4.78 is 0. The van der Waals surface area contributed by atoms with Crippen LogP contribution in [0.3, 0.4) is 0 Å². The summed E-state index contributed by atoms with van der Waals surface area (Å²) >= 11 is 1.72. The Morgan fingerprint density at radius 3 is 2.50 bits per heavy atom. The highest BCUT2D eigenvalue weighted by Crippen LogP contribution is 2.28. The van der Waals surface area contributed by atoms with Crippen LogP contribution in [-0.4, -0.2) is 11.5 Å². The zero-order valence-electron chi connectivity index (χ0n) is 9.50. The van der Waals surface area contributed by atoms with E-state index in [1.165, 1.54) is 5.69 Å². The lowest BCUT2D eigenvalue weighted by atomic mass is 9.78. The second-order valence-electron chi connectivity index (χ2n) is 4.86. The smallest absolute Gasteiger partial charge is 0.0897 e. The van der Waals surface area contributed by atoms with Gasteiger partial charge >= 0.3 is 0 Å². The quantitative estimate of drug-likeness (QED) is 0.836. The van der Waals surface area contributed by atoms with Crippen molar-refractivity contribution in [2.45, 2.75) is 34.1 Å². The van der Waals surface area contributed by atoms with Crippen LogP contribution in [0.4, 0.5) is 0 Å². The summed E-state index contributed by atoms with van der Waals surface area (Å²) in [6.07, 6.45) is 1.00. The zero-order valence-corrected chi connectivity index (χ0v) is 10.3. The van der Waals surface area contributed by atoms with E-state index in [9.17, 15) is 0 Å². The van der Waals surface area contributed by atoms with Gasteiger partial charge in [0.15, 0.2) is 0 Å². The van der Waals surface area contributed by atoms with E-state index < -0.39 is 0 Å². The van der Waals surface area contributed by atoms with Crippen molar-refractivity contribution in [1.29, 1.82) is 0 Å². The fourth-order valence-electron chi connectivity index (χ4n) is 1.50. The van der Waals surface area contributed by atoms with Crippen molar-refractivity contribution in [1.82, 2.24) is 4.98 Å². The van der Waals surface area contributed by atoms with Gasteiger partial charge in [-0.3, -0.25) is 0 Å². The summed E-state index contributed by atoms with van der Waals surface area (Å²) in [6.45, 7) is 9.50. The molecule has 0 saturated carbocycles. The standard InChI is InChI=1S/C11H20N2S/c1-8-13-10(7-14-8)5-9(6-12)11(2,3)4/h7,9H,5-6,12H2,1-4H3. The molecular weight excluding hydrogens is 192 g/mol. The van der Waals surface area contributed by atoms with Crippen LogP contribution in [0, 0.1) is 18.3 Å². The summed E-state index contributed by atoms with van der Waals surface area (Å²) in [5.41, 5.74) is 7.25. The van der Waals surface area contributed by atoms with Gasteiger partial charge in [0.2, 0.25) is 0 Å². The van der Waals surface area contributed by atoms with Gasteiger partial charge < -0.3 is 5.73 Å². The normalized spacial score (nSPS) is 14.4. The summed E-state index contributed by atoms with van der Waals surface area (Å²) in [5, 5.41) is 3.29. The van der Waals surface area contributed by atoms with Gasteiger partial charge in [0.05, 0.1) is 10.7 Å². The Hall–Kier alpha value is -0.410. The number of rotatable bonds is 3. The van der Waals surface area contributed by atoms with Crippen molar-refractivity contribution >= 4 is 11.3 Å². The minimum atomic E-state index is 0.270. The number of hydrogen-bond acceptors (Lipinski definition) is 3. The first-order chi connectivity index (χ1) is 6.43. The summed E-state index contributed by atoms with van der Waals surface area (Å²) in [7, 11) is 0. The van der Waals surface area contributed by atoms with Crippen LogP contribution < -0.4 is 5.73 Å². The molecule has 14 heavy (non-hydrogen) atoms. The molecule has 0 aliphatic rings. The fourth-order valence-corrected chi connectivity index (χ4v) is 2.12. The van der Waals surface area contributed by atoms with Crippen LogP contribution in [0.25, 0.3) is 0 Å². The van der Waals surface area contributed by atoms with Gasteiger partial charge in [-0.2, -0.15) is 0 Å². The average Bonchev–Trinajstić information content (AvgIpc) is 2.45. The van der Waals surface area contributed by atoms with Gasteiger partial charge in [0.25, 0.3) is 0 Å². The Balaban J connectivity index is 2.66. The second-order valence-corrected chi connectivity index (χ2v) is 5.92. The number of aromatic nitrogens is 1. The topological polar surface area (TPSA) is 38.9 Å². The Morgan fingerprint density at radius 2 is 2.14 bits per heavy atom. The molecule has 1 atom stereocenters. The van der Waals surface area contributed by atoms with Crippen molar-refractivity contribution in [3.63, 3.8) is 0 Å². The first-order valence-electron chi connectivity index (χ1n) is 5.04. The molecule has 0 aromatic carbocycles. The highest BCUT2D eigenvalue weighted by atomic mass is 32.1. The lowest BCUT2D eigenvalue weighted by Crippen LogP contribution is -2.30. The molecule has 80 valence electrons. The lowest BCUT2D eigenvalue weighted by molar-refractivity contribution is 0.244. The zero-order chi connectivity index (χ0) is 10.8. The van der Waals surface area contributed by atoms with E-state index >= 15 is 0 Å². The van der Waals surface area contributed by atoms with E-state index in [-0.39, 0.29) is 5.41 Å². The number of aryl methyl sites for hydroxylation is 1. The van der Waals surface area contributed by atoms with E-state index in [4.69, 9.17) is 5.73 Å². The Kier molecular flexibility index (Phi) is 3.67. The van der Waals surface area contributed by atoms with Crippen LogP contribution in [-0.2, 0) is 6.42 Å². The molecule has 1 rings (SSSR count). The number of nitrogens with zero attached hydrogens (tertiary/aromatic N) is 1. The Morgan fingerprint density at radius 1 is 1.50 bits per heavy atom. The van der Waals surface area contributed by atoms with Crippen LogP contribution >= 0.6 is 11.3 Å². The number of hydrogen-bond donors (Lipinski definition) is 1. The predicted molar refractivity (Wildman–Crippen MR) is 62.6 cm³/mol. The summed E-state index contributed by atoms with van der Waals surface area (Å²) in [6, 6.07) is 0.